The Kier molecular flexibility index (Phi) is 6.23. The van der Waals surface area contributed by atoms with Crippen molar-refractivity contribution in [1.29, 1.82) is 0 Å². The van der Waals surface area contributed by atoms with Gasteiger partial charge in [-0.05, 0) is 29.5 Å². The van der Waals surface area contributed by atoms with E-state index in [4.69, 9.17) is 11.1 Å². The highest BCUT2D eigenvalue weighted by Crippen LogP contribution is 2.20. The van der Waals surface area contributed by atoms with Gasteiger partial charge >= 0.3 is 0 Å². The topological polar surface area (TPSA) is 110 Å². The summed E-state index contributed by atoms with van der Waals surface area (Å²) < 4.78 is 0. The molecule has 0 saturated carbocycles. The SMILES string of the molecule is [N-]=[N+]=Nc1ccccc1C=NCCCc1ccccc1N=[N+]=[N-]. The molecular weight excluding hydrogens is 290 g/mol. The van der Waals surface area contributed by atoms with E-state index in [0.717, 1.165) is 24.0 Å². The second-order valence-electron chi connectivity index (χ2n) is 4.71. The van der Waals surface area contributed by atoms with E-state index >= 15 is 0 Å². The third-order valence-corrected chi connectivity index (χ3v) is 3.20. The first-order valence-electron chi connectivity index (χ1n) is 7.12. The molecule has 7 nitrogen and oxygen atoms in total. The van der Waals surface area contributed by atoms with E-state index < -0.39 is 0 Å². The monoisotopic (exact) mass is 305 g/mol. The summed E-state index contributed by atoms with van der Waals surface area (Å²) in [7, 11) is 0. The molecule has 0 aliphatic carbocycles. The molecule has 0 unspecified atom stereocenters. The van der Waals surface area contributed by atoms with Crippen LogP contribution in [0.5, 0.6) is 0 Å². The van der Waals surface area contributed by atoms with Crippen molar-refractivity contribution >= 4 is 17.6 Å². The van der Waals surface area contributed by atoms with Gasteiger partial charge in [-0.3, -0.25) is 4.99 Å². The van der Waals surface area contributed by atoms with Gasteiger partial charge in [0, 0.05) is 39.5 Å². The average Bonchev–Trinajstić information content (AvgIpc) is 2.58. The molecule has 0 heterocycles. The second-order valence-corrected chi connectivity index (χ2v) is 4.71. The molecule has 0 bridgehead atoms. The van der Waals surface area contributed by atoms with Gasteiger partial charge < -0.3 is 0 Å². The van der Waals surface area contributed by atoms with Crippen molar-refractivity contribution in [1.82, 2.24) is 0 Å². The van der Waals surface area contributed by atoms with E-state index in [1.54, 1.807) is 18.3 Å². The van der Waals surface area contributed by atoms with Crippen LogP contribution in [0.1, 0.15) is 17.5 Å². The molecule has 0 aromatic heterocycles. The summed E-state index contributed by atoms with van der Waals surface area (Å²) in [6.45, 7) is 0.634. The van der Waals surface area contributed by atoms with E-state index in [1.807, 2.05) is 36.4 Å². The van der Waals surface area contributed by atoms with Crippen LogP contribution in [-0.2, 0) is 6.42 Å². The Bertz CT molecular complexity index is 785. The molecule has 114 valence electrons. The first-order valence-corrected chi connectivity index (χ1v) is 7.12. The number of rotatable bonds is 7. The van der Waals surface area contributed by atoms with E-state index in [9.17, 15) is 0 Å². The summed E-state index contributed by atoms with van der Waals surface area (Å²) in [6, 6.07) is 14.8. The third kappa shape index (κ3) is 4.89. The van der Waals surface area contributed by atoms with E-state index in [2.05, 4.69) is 25.0 Å². The maximum Gasteiger partial charge on any atom is 0.0463 e. The molecule has 2 aromatic rings. The van der Waals surface area contributed by atoms with Crippen LogP contribution in [0.15, 0.2) is 63.8 Å². The Morgan fingerprint density at radius 1 is 0.870 bits per heavy atom. The van der Waals surface area contributed by atoms with Crippen LogP contribution in [0.4, 0.5) is 11.4 Å². The summed E-state index contributed by atoms with van der Waals surface area (Å²) >= 11 is 0. The number of nitrogens with zero attached hydrogens (tertiary/aromatic N) is 7. The molecule has 0 aliphatic heterocycles. The predicted molar refractivity (Wildman–Crippen MR) is 91.3 cm³/mol. The van der Waals surface area contributed by atoms with Crippen LogP contribution in [0.3, 0.4) is 0 Å². The summed E-state index contributed by atoms with van der Waals surface area (Å²) in [5, 5.41) is 7.31. The van der Waals surface area contributed by atoms with Crippen LogP contribution < -0.4 is 0 Å². The number of benzene rings is 2. The fraction of sp³-hybridized carbons (Fsp3) is 0.188. The van der Waals surface area contributed by atoms with Gasteiger partial charge in [0.1, 0.15) is 0 Å². The first-order chi connectivity index (χ1) is 11.3. The molecule has 0 amide bonds. The summed E-state index contributed by atoms with van der Waals surface area (Å²) in [6.07, 6.45) is 3.33. The molecule has 0 atom stereocenters. The highest BCUT2D eigenvalue weighted by Gasteiger charge is 1.99. The van der Waals surface area contributed by atoms with Gasteiger partial charge in [0.15, 0.2) is 0 Å². The minimum Gasteiger partial charge on any atom is -0.293 e. The maximum absolute atomic E-state index is 8.55. The largest absolute Gasteiger partial charge is 0.293 e. The van der Waals surface area contributed by atoms with Crippen molar-refractivity contribution in [3.63, 3.8) is 0 Å². The fourth-order valence-electron chi connectivity index (χ4n) is 2.13. The molecular formula is C16H15N7. The van der Waals surface area contributed by atoms with E-state index in [1.165, 1.54) is 0 Å². The predicted octanol–water partition coefficient (Wildman–Crippen LogP) is 5.62. The molecule has 0 N–H and O–H groups in total. The Balaban J connectivity index is 1.93. The van der Waals surface area contributed by atoms with Gasteiger partial charge in [0.2, 0.25) is 0 Å². The molecule has 23 heavy (non-hydrogen) atoms. The lowest BCUT2D eigenvalue weighted by molar-refractivity contribution is 0.836. The van der Waals surface area contributed by atoms with Crippen LogP contribution in [0.2, 0.25) is 0 Å². The van der Waals surface area contributed by atoms with Crippen LogP contribution in [-0.4, -0.2) is 12.8 Å². The Morgan fingerprint density at radius 2 is 1.52 bits per heavy atom. The number of hydrogen-bond donors (Lipinski definition) is 0. The van der Waals surface area contributed by atoms with Crippen molar-refractivity contribution in [2.75, 3.05) is 6.54 Å². The van der Waals surface area contributed by atoms with Gasteiger partial charge in [-0.15, -0.1) is 0 Å². The number of aryl methyl sites for hydroxylation is 1. The third-order valence-electron chi connectivity index (χ3n) is 3.20. The smallest absolute Gasteiger partial charge is 0.0463 e. The number of azide groups is 2. The summed E-state index contributed by atoms with van der Waals surface area (Å²) in [4.78, 5) is 10.00. The van der Waals surface area contributed by atoms with Crippen molar-refractivity contribution < 1.29 is 0 Å². The van der Waals surface area contributed by atoms with Gasteiger partial charge in [0.25, 0.3) is 0 Å². The maximum atomic E-state index is 8.55. The van der Waals surface area contributed by atoms with Crippen LogP contribution in [0.25, 0.3) is 20.9 Å². The molecule has 0 saturated heterocycles. The molecule has 0 spiro atoms. The zero-order valence-corrected chi connectivity index (χ0v) is 12.4. The standard InChI is InChI=1S/C16H15N7/c17-22-20-15-9-3-1-6-13(15)8-5-11-19-12-14-7-2-4-10-16(14)21-23-18/h1-4,6-7,9-10,12H,5,8,11H2. The average molecular weight is 305 g/mol. The Labute approximate surface area is 133 Å². The zero-order valence-electron chi connectivity index (χ0n) is 12.4. The Hall–Kier alpha value is -3.27. The number of aliphatic imine (C=N–C) groups is 1. The number of hydrogen-bond acceptors (Lipinski definition) is 3. The molecule has 7 heteroatoms. The lowest BCUT2D eigenvalue weighted by Crippen LogP contribution is -1.90. The fourth-order valence-corrected chi connectivity index (χ4v) is 2.13. The summed E-state index contributed by atoms with van der Waals surface area (Å²) in [5.74, 6) is 0. The highest BCUT2D eigenvalue weighted by atomic mass is 15.1. The lowest BCUT2D eigenvalue weighted by atomic mass is 10.1. The molecule has 0 aliphatic rings. The van der Waals surface area contributed by atoms with E-state index in [-0.39, 0.29) is 0 Å². The first kappa shape index (κ1) is 16.1. The molecule has 0 fully saturated rings. The van der Waals surface area contributed by atoms with Crippen molar-refractivity contribution in [3.8, 4) is 0 Å². The quantitative estimate of drug-likeness (QED) is 0.208. The van der Waals surface area contributed by atoms with Gasteiger partial charge in [-0.25, -0.2) is 0 Å². The minimum atomic E-state index is 0.562. The van der Waals surface area contributed by atoms with Crippen LogP contribution in [0, 0.1) is 0 Å². The lowest BCUT2D eigenvalue weighted by Gasteiger charge is -2.03. The minimum absolute atomic E-state index is 0.562. The van der Waals surface area contributed by atoms with E-state index in [0.29, 0.717) is 17.9 Å². The molecule has 2 rings (SSSR count). The normalized spacial score (nSPS) is 10.1. The van der Waals surface area contributed by atoms with Gasteiger partial charge in [-0.2, -0.15) is 0 Å². The highest BCUT2D eigenvalue weighted by molar-refractivity contribution is 5.86. The van der Waals surface area contributed by atoms with Crippen LogP contribution >= 0.6 is 0 Å². The van der Waals surface area contributed by atoms with Crippen molar-refractivity contribution in [2.24, 2.45) is 15.2 Å². The Morgan fingerprint density at radius 3 is 2.30 bits per heavy atom. The zero-order chi connectivity index (χ0) is 16.3. The molecule has 0 radical (unpaired) electrons. The van der Waals surface area contributed by atoms with Gasteiger partial charge in [0.05, 0.1) is 0 Å². The summed E-state index contributed by atoms with van der Waals surface area (Å²) in [5.41, 5.74) is 20.1. The van der Waals surface area contributed by atoms with Crippen molar-refractivity contribution in [2.45, 2.75) is 12.8 Å². The van der Waals surface area contributed by atoms with Gasteiger partial charge in [-0.1, -0.05) is 58.8 Å². The van der Waals surface area contributed by atoms with Crippen molar-refractivity contribution in [3.05, 3.63) is 80.5 Å². The second kappa shape index (κ2) is 8.89. The molecule has 2 aromatic carbocycles.